The Labute approximate surface area is 196 Å². The van der Waals surface area contributed by atoms with Crippen LogP contribution in [0.2, 0.25) is 0 Å². The lowest BCUT2D eigenvalue weighted by Crippen LogP contribution is -2.46. The molecule has 3 rings (SSSR count). The van der Waals surface area contributed by atoms with Gasteiger partial charge in [-0.1, -0.05) is 29.8 Å². The van der Waals surface area contributed by atoms with Gasteiger partial charge in [-0.2, -0.15) is 0 Å². The minimum atomic E-state index is -0.275. The van der Waals surface area contributed by atoms with E-state index in [0.717, 1.165) is 25.5 Å². The van der Waals surface area contributed by atoms with E-state index in [2.05, 4.69) is 70.8 Å². The lowest BCUT2D eigenvalue weighted by atomic mass is 10.0. The van der Waals surface area contributed by atoms with Crippen LogP contribution in [0.3, 0.4) is 0 Å². The molecule has 2 N–H and O–H groups in total. The quantitative estimate of drug-likeness (QED) is 0.344. The molecule has 6 nitrogen and oxygen atoms in total. The van der Waals surface area contributed by atoms with Gasteiger partial charge in [-0.15, -0.1) is 24.0 Å². The Bertz CT molecular complexity index is 827. The van der Waals surface area contributed by atoms with Crippen LogP contribution in [0.5, 0.6) is 0 Å². The van der Waals surface area contributed by atoms with Crippen molar-refractivity contribution in [1.82, 2.24) is 20.5 Å². The van der Waals surface area contributed by atoms with E-state index in [0.29, 0.717) is 12.4 Å². The summed E-state index contributed by atoms with van der Waals surface area (Å²) in [4.78, 5) is 12.7. The SMILES string of the molecule is CN=C(NCC(c1ccc(C)cc1)N(C)C)NC1CCN(c2ncccc2F)C1.I. The summed E-state index contributed by atoms with van der Waals surface area (Å²) < 4.78 is 14.0. The third kappa shape index (κ3) is 6.28. The molecule has 2 aromatic rings. The van der Waals surface area contributed by atoms with Gasteiger partial charge in [0.2, 0.25) is 0 Å². The molecule has 30 heavy (non-hydrogen) atoms. The Kier molecular flexibility index (Phi) is 9.29. The molecule has 1 aliphatic heterocycles. The molecule has 0 amide bonds. The van der Waals surface area contributed by atoms with Crippen LogP contribution in [0.4, 0.5) is 10.2 Å². The van der Waals surface area contributed by atoms with Crippen molar-refractivity contribution in [3.63, 3.8) is 0 Å². The van der Waals surface area contributed by atoms with E-state index >= 15 is 0 Å². The molecule has 1 aromatic carbocycles. The number of nitrogens with zero attached hydrogens (tertiary/aromatic N) is 4. The fraction of sp³-hybridized carbons (Fsp3) is 0.455. The summed E-state index contributed by atoms with van der Waals surface area (Å²) in [7, 11) is 5.94. The molecule has 0 aliphatic carbocycles. The molecule has 0 radical (unpaired) electrons. The van der Waals surface area contributed by atoms with Gasteiger partial charge in [0.05, 0.1) is 6.04 Å². The smallest absolute Gasteiger partial charge is 0.191 e. The van der Waals surface area contributed by atoms with Crippen molar-refractivity contribution < 1.29 is 4.39 Å². The second-order valence-corrected chi connectivity index (χ2v) is 7.73. The number of rotatable bonds is 6. The zero-order valence-corrected chi connectivity index (χ0v) is 20.4. The number of benzene rings is 1. The number of aryl methyl sites for hydroxylation is 1. The van der Waals surface area contributed by atoms with Crippen LogP contribution in [0.1, 0.15) is 23.6 Å². The summed E-state index contributed by atoms with van der Waals surface area (Å²) in [6.07, 6.45) is 2.54. The summed E-state index contributed by atoms with van der Waals surface area (Å²) >= 11 is 0. The van der Waals surface area contributed by atoms with Gasteiger partial charge >= 0.3 is 0 Å². The summed E-state index contributed by atoms with van der Waals surface area (Å²) in [6, 6.07) is 12.1. The monoisotopic (exact) mass is 526 g/mol. The summed E-state index contributed by atoms with van der Waals surface area (Å²) in [6.45, 7) is 4.30. The van der Waals surface area contributed by atoms with Crippen LogP contribution in [0.15, 0.2) is 47.6 Å². The maximum atomic E-state index is 14.0. The number of nitrogens with one attached hydrogen (secondary N) is 2. The fourth-order valence-electron chi connectivity index (χ4n) is 3.65. The Morgan fingerprint density at radius 1 is 1.30 bits per heavy atom. The van der Waals surface area contributed by atoms with Crippen LogP contribution in [-0.2, 0) is 0 Å². The van der Waals surface area contributed by atoms with Crippen molar-refractivity contribution >= 4 is 35.8 Å². The van der Waals surface area contributed by atoms with Gasteiger partial charge in [-0.3, -0.25) is 4.99 Å². The van der Waals surface area contributed by atoms with Gasteiger partial charge in [0, 0.05) is 38.9 Å². The molecule has 1 fully saturated rings. The van der Waals surface area contributed by atoms with E-state index in [1.54, 1.807) is 19.3 Å². The van der Waals surface area contributed by atoms with Crippen molar-refractivity contribution in [3.8, 4) is 0 Å². The van der Waals surface area contributed by atoms with Crippen LogP contribution in [0.25, 0.3) is 0 Å². The van der Waals surface area contributed by atoms with E-state index in [1.165, 1.54) is 17.2 Å². The highest BCUT2D eigenvalue weighted by Crippen LogP contribution is 2.21. The fourth-order valence-corrected chi connectivity index (χ4v) is 3.65. The first-order valence-corrected chi connectivity index (χ1v) is 10.0. The van der Waals surface area contributed by atoms with Gasteiger partial charge in [-0.05, 0) is 45.1 Å². The number of halogens is 2. The Hall–Kier alpha value is -1.94. The first-order chi connectivity index (χ1) is 14.0. The van der Waals surface area contributed by atoms with E-state index in [-0.39, 0.29) is 41.9 Å². The third-order valence-corrected chi connectivity index (χ3v) is 5.34. The number of guanidine groups is 1. The second-order valence-electron chi connectivity index (χ2n) is 7.73. The number of hydrogen-bond donors (Lipinski definition) is 2. The molecular formula is C22H32FIN6. The summed E-state index contributed by atoms with van der Waals surface area (Å²) in [5.74, 6) is 0.909. The number of likely N-dealkylation sites (N-methyl/N-ethyl adjacent to an activating group) is 1. The normalized spacial score (nSPS) is 17.6. The molecular weight excluding hydrogens is 494 g/mol. The molecule has 2 heterocycles. The number of hydrogen-bond acceptors (Lipinski definition) is 4. The molecule has 164 valence electrons. The first kappa shape index (κ1) is 24.3. The average molecular weight is 526 g/mol. The van der Waals surface area contributed by atoms with Crippen molar-refractivity contribution in [1.29, 1.82) is 0 Å². The summed E-state index contributed by atoms with van der Waals surface area (Å²) in [5.41, 5.74) is 2.52. The molecule has 2 atom stereocenters. The van der Waals surface area contributed by atoms with Crippen molar-refractivity contribution in [2.75, 3.05) is 45.7 Å². The first-order valence-electron chi connectivity index (χ1n) is 10.0. The van der Waals surface area contributed by atoms with Gasteiger partial charge < -0.3 is 20.4 Å². The van der Waals surface area contributed by atoms with Crippen LogP contribution in [0, 0.1) is 12.7 Å². The number of aliphatic imine (C=N–C) groups is 1. The molecule has 1 aliphatic rings. The van der Waals surface area contributed by atoms with Crippen molar-refractivity contribution in [2.24, 2.45) is 4.99 Å². The van der Waals surface area contributed by atoms with Gasteiger partial charge in [0.15, 0.2) is 17.6 Å². The molecule has 8 heteroatoms. The molecule has 0 bridgehead atoms. The van der Waals surface area contributed by atoms with E-state index in [4.69, 9.17) is 0 Å². The standard InChI is InChI=1S/C22H31FN6.HI/c1-16-7-9-17(10-8-16)20(28(3)4)14-26-22(24-2)27-18-11-13-29(15-18)21-19(23)6-5-12-25-21;/h5-10,12,18,20H,11,13-15H2,1-4H3,(H2,24,26,27);1H. The van der Waals surface area contributed by atoms with Crippen molar-refractivity contribution in [2.45, 2.75) is 25.4 Å². The average Bonchev–Trinajstić information content (AvgIpc) is 3.17. The minimum Gasteiger partial charge on any atom is -0.354 e. The zero-order valence-electron chi connectivity index (χ0n) is 18.1. The molecule has 1 aromatic heterocycles. The lowest BCUT2D eigenvalue weighted by molar-refractivity contribution is 0.298. The molecule has 2 unspecified atom stereocenters. The number of anilines is 1. The third-order valence-electron chi connectivity index (χ3n) is 5.34. The Balaban J connectivity index is 0.00000320. The minimum absolute atomic E-state index is 0. The van der Waals surface area contributed by atoms with Gasteiger partial charge in [0.25, 0.3) is 0 Å². The van der Waals surface area contributed by atoms with Crippen LogP contribution < -0.4 is 15.5 Å². The van der Waals surface area contributed by atoms with Crippen LogP contribution >= 0.6 is 24.0 Å². The highest BCUT2D eigenvalue weighted by Gasteiger charge is 2.26. The summed E-state index contributed by atoms with van der Waals surface area (Å²) in [5, 5.41) is 6.91. The maximum absolute atomic E-state index is 14.0. The Morgan fingerprint density at radius 3 is 2.67 bits per heavy atom. The predicted molar refractivity (Wildman–Crippen MR) is 132 cm³/mol. The maximum Gasteiger partial charge on any atom is 0.191 e. The van der Waals surface area contributed by atoms with Gasteiger partial charge in [0.1, 0.15) is 0 Å². The topological polar surface area (TPSA) is 55.8 Å². The highest BCUT2D eigenvalue weighted by atomic mass is 127. The predicted octanol–water partition coefficient (Wildman–Crippen LogP) is 3.19. The second kappa shape index (κ2) is 11.5. The van der Waals surface area contributed by atoms with Crippen molar-refractivity contribution in [3.05, 3.63) is 59.5 Å². The van der Waals surface area contributed by atoms with Gasteiger partial charge in [-0.25, -0.2) is 9.37 Å². The van der Waals surface area contributed by atoms with E-state index in [9.17, 15) is 4.39 Å². The number of pyridine rings is 1. The number of aromatic nitrogens is 1. The van der Waals surface area contributed by atoms with E-state index < -0.39 is 0 Å². The van der Waals surface area contributed by atoms with E-state index in [1.807, 2.05) is 4.90 Å². The Morgan fingerprint density at radius 2 is 2.03 bits per heavy atom. The largest absolute Gasteiger partial charge is 0.354 e. The highest BCUT2D eigenvalue weighted by molar-refractivity contribution is 14.0. The lowest BCUT2D eigenvalue weighted by Gasteiger charge is -2.27. The zero-order chi connectivity index (χ0) is 20.8. The molecule has 0 saturated carbocycles. The molecule has 1 saturated heterocycles. The van der Waals surface area contributed by atoms with Crippen LogP contribution in [-0.4, -0.2) is 62.7 Å². The molecule has 0 spiro atoms.